The number of halogens is 5. The molecule has 2 aliphatic rings. The SMILES string of the molecule is CCC1(CC)c2cc(-c3c(F)c(F)c(F)c(F)c3F)ccc2-c2c1c1c(c3cc(OC)ccc23)OC(c2ccc(OC)cc2)(c2ccc(OC)cc2)C=C1. The lowest BCUT2D eigenvalue weighted by atomic mass is 9.70. The van der Waals surface area contributed by atoms with Crippen LogP contribution in [0, 0.1) is 29.1 Å². The van der Waals surface area contributed by atoms with E-state index in [-0.39, 0.29) is 5.56 Å². The normalized spacial score (nSPS) is 14.6. The van der Waals surface area contributed by atoms with Crippen LogP contribution in [0.2, 0.25) is 0 Å². The van der Waals surface area contributed by atoms with E-state index in [1.165, 1.54) is 6.07 Å². The van der Waals surface area contributed by atoms with Crippen molar-refractivity contribution in [3.63, 3.8) is 0 Å². The Bertz CT molecular complexity index is 2430. The minimum absolute atomic E-state index is 0.106. The molecule has 0 bridgehead atoms. The lowest BCUT2D eigenvalue weighted by Gasteiger charge is -2.39. The summed E-state index contributed by atoms with van der Waals surface area (Å²) in [5, 5.41) is 1.63. The Hall–Kier alpha value is -5.83. The van der Waals surface area contributed by atoms with Gasteiger partial charge >= 0.3 is 0 Å². The van der Waals surface area contributed by atoms with E-state index >= 15 is 8.78 Å². The molecule has 0 atom stereocenters. The second-order valence-corrected chi connectivity index (χ2v) is 13.5. The molecule has 8 rings (SSSR count). The van der Waals surface area contributed by atoms with Gasteiger partial charge in [0, 0.05) is 27.5 Å². The van der Waals surface area contributed by atoms with Crippen LogP contribution in [0.25, 0.3) is 39.1 Å². The highest BCUT2D eigenvalue weighted by Crippen LogP contribution is 2.61. The van der Waals surface area contributed by atoms with E-state index in [9.17, 15) is 13.2 Å². The highest BCUT2D eigenvalue weighted by molar-refractivity contribution is 6.09. The van der Waals surface area contributed by atoms with E-state index in [0.717, 1.165) is 49.7 Å². The van der Waals surface area contributed by atoms with Crippen LogP contribution < -0.4 is 18.9 Å². The summed E-state index contributed by atoms with van der Waals surface area (Å²) in [7, 11) is 4.81. The molecule has 1 heterocycles. The Morgan fingerprint density at radius 2 is 1.11 bits per heavy atom. The first-order chi connectivity index (χ1) is 26.1. The first kappa shape index (κ1) is 35.2. The number of rotatable bonds is 8. The zero-order valence-electron chi connectivity index (χ0n) is 30.2. The summed E-state index contributed by atoms with van der Waals surface area (Å²) in [6.07, 6.45) is 5.23. The fraction of sp³-hybridized carbons (Fsp3) is 0.200. The third kappa shape index (κ3) is 4.86. The van der Waals surface area contributed by atoms with Crippen molar-refractivity contribution in [1.29, 1.82) is 0 Å². The average Bonchev–Trinajstić information content (AvgIpc) is 3.52. The molecule has 0 aromatic heterocycles. The van der Waals surface area contributed by atoms with Gasteiger partial charge in [0.1, 0.15) is 23.0 Å². The predicted molar refractivity (Wildman–Crippen MR) is 199 cm³/mol. The third-order valence-corrected chi connectivity index (χ3v) is 11.3. The molecule has 0 saturated carbocycles. The summed E-state index contributed by atoms with van der Waals surface area (Å²) in [5.41, 5.74) is 3.02. The first-order valence-corrected chi connectivity index (χ1v) is 17.6. The van der Waals surface area contributed by atoms with Gasteiger partial charge < -0.3 is 18.9 Å². The average molecular weight is 735 g/mol. The van der Waals surface area contributed by atoms with Crippen LogP contribution in [0.5, 0.6) is 23.0 Å². The molecular formula is C45H35F5O4. The molecule has 9 heteroatoms. The van der Waals surface area contributed by atoms with Gasteiger partial charge in [0.25, 0.3) is 0 Å². The van der Waals surface area contributed by atoms with Gasteiger partial charge in [0.2, 0.25) is 5.82 Å². The van der Waals surface area contributed by atoms with Crippen molar-refractivity contribution in [3.8, 4) is 45.3 Å². The second kappa shape index (κ2) is 12.9. The number of ether oxygens (including phenoxy) is 4. The molecule has 0 unspecified atom stereocenters. The minimum Gasteiger partial charge on any atom is -0.497 e. The number of methoxy groups -OCH3 is 3. The molecule has 0 fully saturated rings. The van der Waals surface area contributed by atoms with Gasteiger partial charge in [-0.05, 0) is 101 Å². The van der Waals surface area contributed by atoms with Gasteiger partial charge in [-0.1, -0.05) is 56.3 Å². The van der Waals surface area contributed by atoms with Crippen LogP contribution in [0.1, 0.15) is 54.5 Å². The third-order valence-electron chi connectivity index (χ3n) is 11.3. The molecule has 6 aromatic rings. The molecule has 1 aliphatic carbocycles. The maximum atomic E-state index is 15.2. The number of fused-ring (bicyclic) bond motifs is 8. The smallest absolute Gasteiger partial charge is 0.200 e. The van der Waals surface area contributed by atoms with E-state index in [4.69, 9.17) is 18.9 Å². The lowest BCUT2D eigenvalue weighted by molar-refractivity contribution is 0.163. The van der Waals surface area contributed by atoms with Gasteiger partial charge in [-0.25, -0.2) is 22.0 Å². The van der Waals surface area contributed by atoms with Crippen molar-refractivity contribution in [3.05, 3.63) is 148 Å². The minimum atomic E-state index is -2.19. The van der Waals surface area contributed by atoms with Gasteiger partial charge in [-0.2, -0.15) is 0 Å². The van der Waals surface area contributed by atoms with Crippen LogP contribution in [0.4, 0.5) is 22.0 Å². The summed E-state index contributed by atoms with van der Waals surface area (Å²) in [5.74, 6) is -7.32. The highest BCUT2D eigenvalue weighted by atomic mass is 19.2. The monoisotopic (exact) mass is 734 g/mol. The molecule has 0 amide bonds. The molecule has 0 radical (unpaired) electrons. The Balaban J connectivity index is 1.43. The predicted octanol–water partition coefficient (Wildman–Crippen LogP) is 11.7. The van der Waals surface area contributed by atoms with Crippen molar-refractivity contribution in [2.45, 2.75) is 37.7 Å². The van der Waals surface area contributed by atoms with Gasteiger partial charge in [-0.15, -0.1) is 0 Å². The molecule has 0 spiro atoms. The topological polar surface area (TPSA) is 36.9 Å². The number of benzene rings is 6. The molecule has 0 N–H and O–H groups in total. The zero-order valence-corrected chi connectivity index (χ0v) is 30.2. The molecule has 6 aromatic carbocycles. The Kier molecular flexibility index (Phi) is 8.43. The molecule has 54 heavy (non-hydrogen) atoms. The van der Waals surface area contributed by atoms with E-state index in [0.29, 0.717) is 35.8 Å². The van der Waals surface area contributed by atoms with E-state index < -0.39 is 45.7 Å². The summed E-state index contributed by atoms with van der Waals surface area (Å²) < 4.78 is 97.5. The standard InChI is InChI=1S/C45H35F5O4/c1-6-44(7-2)34-22-24(35-38(46)40(48)42(50)41(49)39(35)47)8-18-31(34)36-30-19-17-29(53-5)23-33(30)43-32(37(36)44)20-21-45(54-43,25-9-13-27(51-3)14-10-25)26-11-15-28(52-4)16-12-26/h8-23H,6-7H2,1-5H3. The van der Waals surface area contributed by atoms with Crippen molar-refractivity contribution in [1.82, 2.24) is 0 Å². The molecular weight excluding hydrogens is 699 g/mol. The Labute approximate surface area is 309 Å². The Morgan fingerprint density at radius 3 is 1.65 bits per heavy atom. The van der Waals surface area contributed by atoms with Crippen LogP contribution in [0.15, 0.2) is 91.0 Å². The molecule has 0 saturated heterocycles. The fourth-order valence-corrected chi connectivity index (χ4v) is 8.47. The zero-order chi connectivity index (χ0) is 38.1. The van der Waals surface area contributed by atoms with Crippen LogP contribution in [0.3, 0.4) is 0 Å². The molecule has 1 aliphatic heterocycles. The van der Waals surface area contributed by atoms with Crippen molar-refractivity contribution < 1.29 is 40.9 Å². The maximum absolute atomic E-state index is 15.2. The number of hydrogen-bond acceptors (Lipinski definition) is 4. The van der Waals surface area contributed by atoms with E-state index in [1.807, 2.05) is 86.7 Å². The summed E-state index contributed by atoms with van der Waals surface area (Å²) in [6, 6.07) is 25.9. The van der Waals surface area contributed by atoms with Gasteiger partial charge in [0.05, 0.1) is 26.9 Å². The largest absolute Gasteiger partial charge is 0.497 e. The van der Waals surface area contributed by atoms with Gasteiger partial charge in [0.15, 0.2) is 28.9 Å². The fourth-order valence-electron chi connectivity index (χ4n) is 8.47. The summed E-state index contributed by atoms with van der Waals surface area (Å²) >= 11 is 0. The maximum Gasteiger partial charge on any atom is 0.200 e. The van der Waals surface area contributed by atoms with Crippen LogP contribution in [-0.4, -0.2) is 21.3 Å². The first-order valence-electron chi connectivity index (χ1n) is 17.6. The molecule has 274 valence electrons. The molecule has 4 nitrogen and oxygen atoms in total. The Morgan fingerprint density at radius 1 is 0.574 bits per heavy atom. The summed E-state index contributed by atoms with van der Waals surface area (Å²) in [6.45, 7) is 4.06. The highest BCUT2D eigenvalue weighted by Gasteiger charge is 2.47. The van der Waals surface area contributed by atoms with Crippen LogP contribution in [-0.2, 0) is 11.0 Å². The van der Waals surface area contributed by atoms with E-state index in [2.05, 4.69) is 6.08 Å². The number of hydrogen-bond donors (Lipinski definition) is 0. The second-order valence-electron chi connectivity index (χ2n) is 13.5. The van der Waals surface area contributed by atoms with Crippen molar-refractivity contribution in [2.24, 2.45) is 0 Å². The lowest BCUT2D eigenvalue weighted by Crippen LogP contribution is -2.35. The van der Waals surface area contributed by atoms with Crippen LogP contribution >= 0.6 is 0 Å². The van der Waals surface area contributed by atoms with E-state index in [1.54, 1.807) is 33.5 Å². The van der Waals surface area contributed by atoms with Crippen molar-refractivity contribution >= 4 is 16.8 Å². The summed E-state index contributed by atoms with van der Waals surface area (Å²) in [4.78, 5) is 0. The van der Waals surface area contributed by atoms with Crippen molar-refractivity contribution in [2.75, 3.05) is 21.3 Å². The van der Waals surface area contributed by atoms with Gasteiger partial charge in [-0.3, -0.25) is 0 Å². The quantitative estimate of drug-likeness (QED) is 0.0886.